The summed E-state index contributed by atoms with van der Waals surface area (Å²) in [5, 5.41) is 2.83. The quantitative estimate of drug-likeness (QED) is 0.569. The summed E-state index contributed by atoms with van der Waals surface area (Å²) in [6.45, 7) is 3.68. The predicted molar refractivity (Wildman–Crippen MR) is 135 cm³/mol. The molecule has 2 aliphatic rings. The number of rotatable bonds is 4. The van der Waals surface area contributed by atoms with Crippen LogP contribution in [-0.2, 0) is 14.3 Å². The Balaban J connectivity index is 1.79. The number of nitrogens with one attached hydrogen (secondary N) is 1. The van der Waals surface area contributed by atoms with Gasteiger partial charge in [-0.25, -0.2) is 9.79 Å². The van der Waals surface area contributed by atoms with Crippen LogP contribution < -0.4 is 25.1 Å². The van der Waals surface area contributed by atoms with Crippen LogP contribution in [0.15, 0.2) is 69.6 Å². The lowest BCUT2D eigenvalue weighted by atomic mass is 9.95. The largest absolute Gasteiger partial charge is 0.463 e. The van der Waals surface area contributed by atoms with Crippen molar-refractivity contribution in [2.75, 3.05) is 30.9 Å². The minimum atomic E-state index is -0.726. The summed E-state index contributed by atoms with van der Waals surface area (Å²) in [4.78, 5) is 46.8. The standard InChI is InChI=1S/C26H24N4O4S/c1-5-34-25(33)19-14(2)27-26-30(21(19)15-10-12-16(13-11-15)29(3)4)24(32)22(35-26)20-17-8-6-7-9-18(17)28-23(20)31/h6-13,21H,5H2,1-4H3,(H,28,31)/b22-20+/t21-/m0/s1. The smallest absolute Gasteiger partial charge is 0.338 e. The highest BCUT2D eigenvalue weighted by Crippen LogP contribution is 2.33. The summed E-state index contributed by atoms with van der Waals surface area (Å²) < 4.78 is 7.14. The number of amides is 1. The Hall–Kier alpha value is -3.98. The van der Waals surface area contributed by atoms with Crippen molar-refractivity contribution in [3.05, 3.63) is 90.6 Å². The van der Waals surface area contributed by atoms with Crippen LogP contribution >= 0.6 is 11.3 Å². The van der Waals surface area contributed by atoms with Gasteiger partial charge >= 0.3 is 5.97 Å². The van der Waals surface area contributed by atoms with E-state index in [-0.39, 0.29) is 18.1 Å². The Bertz CT molecular complexity index is 1580. The predicted octanol–water partition coefficient (Wildman–Crippen LogP) is 2.19. The molecule has 0 aliphatic carbocycles. The van der Waals surface area contributed by atoms with E-state index in [1.165, 1.54) is 4.57 Å². The first kappa shape index (κ1) is 22.8. The Morgan fingerprint density at radius 3 is 2.54 bits per heavy atom. The number of para-hydroxylation sites is 1. The zero-order valence-corrected chi connectivity index (χ0v) is 20.6. The van der Waals surface area contributed by atoms with E-state index in [1.54, 1.807) is 19.9 Å². The monoisotopic (exact) mass is 488 g/mol. The van der Waals surface area contributed by atoms with Crippen LogP contribution in [0.3, 0.4) is 0 Å². The first-order valence-electron chi connectivity index (χ1n) is 11.2. The molecule has 0 saturated heterocycles. The lowest BCUT2D eigenvalue weighted by Crippen LogP contribution is -2.40. The number of nitrogens with zero attached hydrogens (tertiary/aromatic N) is 3. The number of fused-ring (bicyclic) bond motifs is 2. The molecule has 0 bridgehead atoms. The Labute approximate surface area is 205 Å². The maximum Gasteiger partial charge on any atom is 0.338 e. The van der Waals surface area contributed by atoms with Crippen molar-refractivity contribution in [3.63, 3.8) is 0 Å². The highest BCUT2D eigenvalue weighted by Gasteiger charge is 2.35. The summed E-state index contributed by atoms with van der Waals surface area (Å²) in [6, 6.07) is 14.2. The zero-order valence-electron chi connectivity index (χ0n) is 19.8. The molecule has 3 heterocycles. The molecule has 0 unspecified atom stereocenters. The van der Waals surface area contributed by atoms with Crippen LogP contribution in [0.2, 0.25) is 0 Å². The van der Waals surface area contributed by atoms with Crippen LogP contribution in [-0.4, -0.2) is 37.1 Å². The van der Waals surface area contributed by atoms with E-state index in [9.17, 15) is 14.4 Å². The van der Waals surface area contributed by atoms with Crippen LogP contribution in [0.1, 0.15) is 31.0 Å². The fraction of sp³-hybridized carbons (Fsp3) is 0.231. The second kappa shape index (κ2) is 8.66. The van der Waals surface area contributed by atoms with Crippen molar-refractivity contribution >= 4 is 40.2 Å². The van der Waals surface area contributed by atoms with Gasteiger partial charge in [-0.05, 0) is 37.6 Å². The van der Waals surface area contributed by atoms with Crippen LogP contribution in [0, 0.1) is 0 Å². The fourth-order valence-electron chi connectivity index (χ4n) is 4.45. The van der Waals surface area contributed by atoms with Gasteiger partial charge in [0.15, 0.2) is 4.80 Å². The molecule has 3 aromatic rings. The first-order valence-corrected chi connectivity index (χ1v) is 12.0. The topological polar surface area (TPSA) is 93.0 Å². The number of anilines is 2. The van der Waals surface area contributed by atoms with Gasteiger partial charge in [-0.1, -0.05) is 41.7 Å². The van der Waals surface area contributed by atoms with E-state index in [2.05, 4.69) is 10.3 Å². The molecule has 2 aromatic carbocycles. The molecule has 0 saturated carbocycles. The van der Waals surface area contributed by atoms with Gasteiger partial charge in [-0.3, -0.25) is 14.2 Å². The van der Waals surface area contributed by atoms with Gasteiger partial charge in [-0.2, -0.15) is 0 Å². The van der Waals surface area contributed by atoms with Crippen molar-refractivity contribution in [3.8, 4) is 0 Å². The van der Waals surface area contributed by atoms with Crippen LogP contribution in [0.5, 0.6) is 0 Å². The number of aromatic nitrogens is 1. The van der Waals surface area contributed by atoms with E-state index >= 15 is 0 Å². The number of hydrogen-bond donors (Lipinski definition) is 1. The maximum absolute atomic E-state index is 13.9. The van der Waals surface area contributed by atoms with Gasteiger partial charge in [0.25, 0.3) is 11.5 Å². The molecule has 8 nitrogen and oxygen atoms in total. The van der Waals surface area contributed by atoms with Crippen LogP contribution in [0.25, 0.3) is 5.57 Å². The van der Waals surface area contributed by atoms with E-state index in [4.69, 9.17) is 4.74 Å². The molecular formula is C26H24N4O4S. The molecule has 2 aliphatic heterocycles. The molecule has 0 radical (unpaired) electrons. The molecule has 1 aromatic heterocycles. The van der Waals surface area contributed by atoms with Crippen molar-refractivity contribution < 1.29 is 14.3 Å². The molecule has 5 rings (SSSR count). The first-order chi connectivity index (χ1) is 16.8. The third kappa shape index (κ3) is 3.68. The molecule has 1 atom stereocenters. The molecule has 9 heteroatoms. The molecule has 1 N–H and O–H groups in total. The number of carbonyl (C=O) groups is 2. The molecule has 35 heavy (non-hydrogen) atoms. The fourth-order valence-corrected chi connectivity index (χ4v) is 5.60. The normalized spacial score (nSPS) is 17.9. The average molecular weight is 489 g/mol. The van der Waals surface area contributed by atoms with Crippen molar-refractivity contribution in [2.24, 2.45) is 4.99 Å². The van der Waals surface area contributed by atoms with Gasteiger partial charge in [0.05, 0.1) is 29.5 Å². The summed E-state index contributed by atoms with van der Waals surface area (Å²) in [6.07, 6.45) is 0. The number of thiazole rings is 1. The SMILES string of the molecule is CCOC(=O)C1=C(C)N=c2s/c(=C3/C(=O)Nc4ccccc43)c(=O)n2[C@H]1c1ccc(N(C)C)cc1. The minimum absolute atomic E-state index is 0.202. The Morgan fingerprint density at radius 2 is 1.86 bits per heavy atom. The third-order valence-electron chi connectivity index (χ3n) is 6.12. The molecular weight excluding hydrogens is 464 g/mol. The van der Waals surface area contributed by atoms with Crippen molar-refractivity contribution in [1.82, 2.24) is 4.57 Å². The summed E-state index contributed by atoms with van der Waals surface area (Å²) in [5.41, 5.74) is 3.83. The number of carbonyl (C=O) groups excluding carboxylic acids is 2. The van der Waals surface area contributed by atoms with E-state index < -0.39 is 12.0 Å². The summed E-state index contributed by atoms with van der Waals surface area (Å²) >= 11 is 1.16. The van der Waals surface area contributed by atoms with E-state index in [0.717, 1.165) is 22.6 Å². The van der Waals surface area contributed by atoms with Crippen molar-refractivity contribution in [1.29, 1.82) is 0 Å². The number of esters is 1. The van der Waals surface area contributed by atoms with Crippen LogP contribution in [0.4, 0.5) is 11.4 Å². The highest BCUT2D eigenvalue weighted by molar-refractivity contribution is 7.07. The molecule has 178 valence electrons. The van der Waals surface area contributed by atoms with Gasteiger partial charge in [0, 0.05) is 31.0 Å². The molecule has 0 spiro atoms. The van der Waals surface area contributed by atoms with E-state index in [1.807, 2.05) is 61.5 Å². The van der Waals surface area contributed by atoms with Crippen molar-refractivity contribution in [2.45, 2.75) is 19.9 Å². The van der Waals surface area contributed by atoms with Gasteiger partial charge in [-0.15, -0.1) is 0 Å². The van der Waals surface area contributed by atoms with Gasteiger partial charge in [0.2, 0.25) is 0 Å². The van der Waals surface area contributed by atoms with Gasteiger partial charge < -0.3 is 15.0 Å². The second-order valence-electron chi connectivity index (χ2n) is 8.48. The number of allylic oxidation sites excluding steroid dienone is 1. The highest BCUT2D eigenvalue weighted by atomic mass is 32.1. The Morgan fingerprint density at radius 1 is 1.14 bits per heavy atom. The zero-order chi connectivity index (χ0) is 24.9. The lowest BCUT2D eigenvalue weighted by molar-refractivity contribution is -0.139. The van der Waals surface area contributed by atoms with E-state index in [0.29, 0.717) is 37.4 Å². The summed E-state index contributed by atoms with van der Waals surface area (Å²) in [5.74, 6) is -0.845. The average Bonchev–Trinajstić information content (AvgIpc) is 3.33. The second-order valence-corrected chi connectivity index (χ2v) is 9.46. The maximum atomic E-state index is 13.9. The third-order valence-corrected chi connectivity index (χ3v) is 7.17. The molecule has 1 amide bonds. The number of benzene rings is 2. The number of hydrogen-bond acceptors (Lipinski definition) is 7. The van der Waals surface area contributed by atoms with Gasteiger partial charge in [0.1, 0.15) is 4.53 Å². The minimum Gasteiger partial charge on any atom is -0.463 e. The Kier molecular flexibility index (Phi) is 5.64. The number of ether oxygens (including phenoxy) is 1. The lowest BCUT2D eigenvalue weighted by Gasteiger charge is -2.25. The summed E-state index contributed by atoms with van der Waals surface area (Å²) in [7, 11) is 3.89. The molecule has 0 fully saturated rings.